The Balaban J connectivity index is 0.00000229. The molecule has 0 radical (unpaired) electrons. The topological polar surface area (TPSA) is 96.6 Å². The van der Waals surface area contributed by atoms with E-state index in [9.17, 15) is 0 Å². The molecule has 3 aliphatic rings. The highest BCUT2D eigenvalue weighted by Gasteiger charge is 2.44. The molecule has 4 aromatic rings. The fraction of sp³-hybridized carbons (Fsp3) is 0.333. The molecule has 0 amide bonds. The zero-order valence-electron chi connectivity index (χ0n) is 19.4. The van der Waals surface area contributed by atoms with E-state index >= 15 is 0 Å². The number of benzene rings is 1. The highest BCUT2D eigenvalue weighted by Crippen LogP contribution is 2.53. The van der Waals surface area contributed by atoms with Crippen molar-refractivity contribution in [1.82, 2.24) is 25.1 Å². The van der Waals surface area contributed by atoms with Crippen molar-refractivity contribution in [3.63, 3.8) is 0 Å². The van der Waals surface area contributed by atoms with Crippen LogP contribution in [-0.4, -0.2) is 31.7 Å². The first-order chi connectivity index (χ1) is 16.7. The summed E-state index contributed by atoms with van der Waals surface area (Å²) in [5.41, 5.74) is 15.6. The Morgan fingerprint density at radius 3 is 2.86 bits per heavy atom. The Kier molecular flexibility index (Phi) is 5.34. The van der Waals surface area contributed by atoms with Crippen molar-refractivity contribution in [3.05, 3.63) is 77.4 Å². The molecular weight excluding hydrogens is 458 g/mol. The fourth-order valence-corrected chi connectivity index (χ4v) is 6.15. The summed E-state index contributed by atoms with van der Waals surface area (Å²) in [5, 5.41) is 7.74. The standard InChI is InChI=1S/C27H27N7.ClH/c28-24-19-6-2-1-5-18(19)15-27(24)11-9-17(10-12-27)21-16-30-23-25(31-21)32-33-26(23)34-14-4-7-20-22(34)8-3-13-29-20;/h1-3,5-6,8-9,13,16,24H,4,7,10-12,14-15,28H2,(H,31,32,33);1H/t24-,27+;/m0./s1. The monoisotopic (exact) mass is 485 g/mol. The summed E-state index contributed by atoms with van der Waals surface area (Å²) in [6.07, 6.45) is 12.2. The van der Waals surface area contributed by atoms with Crippen LogP contribution in [0.4, 0.5) is 11.5 Å². The Morgan fingerprint density at radius 1 is 1.09 bits per heavy atom. The maximum absolute atomic E-state index is 6.74. The number of hydrogen-bond acceptors (Lipinski definition) is 6. The van der Waals surface area contributed by atoms with Gasteiger partial charge in [0.1, 0.15) is 0 Å². The molecule has 0 saturated carbocycles. The molecule has 2 atom stereocenters. The zero-order chi connectivity index (χ0) is 22.7. The second-order valence-corrected chi connectivity index (χ2v) is 9.87. The number of nitrogens with two attached hydrogens (primary N) is 1. The van der Waals surface area contributed by atoms with E-state index in [1.807, 2.05) is 18.5 Å². The van der Waals surface area contributed by atoms with Gasteiger partial charge in [-0.25, -0.2) is 9.97 Å². The maximum atomic E-state index is 6.74. The molecule has 1 aliphatic heterocycles. The molecule has 7 rings (SSSR count). The van der Waals surface area contributed by atoms with Gasteiger partial charge in [-0.05, 0) is 72.8 Å². The van der Waals surface area contributed by atoms with E-state index in [0.717, 1.165) is 79.1 Å². The third kappa shape index (κ3) is 3.45. The zero-order valence-corrected chi connectivity index (χ0v) is 20.3. The number of aromatic nitrogens is 5. The van der Waals surface area contributed by atoms with Crippen molar-refractivity contribution in [3.8, 4) is 0 Å². The minimum atomic E-state index is 0. The SMILES string of the molecule is Cl.N[C@H]1c2ccccc2C[C@]12CC=C(c1cnc3c(N4CCCc5ncccc54)n[nH]c3n1)CC2. The number of nitrogens with zero attached hydrogens (tertiary/aromatic N) is 5. The van der Waals surface area contributed by atoms with Gasteiger partial charge in [-0.1, -0.05) is 30.3 Å². The Labute approximate surface area is 210 Å². The van der Waals surface area contributed by atoms with Gasteiger partial charge in [0, 0.05) is 18.8 Å². The van der Waals surface area contributed by atoms with Crippen molar-refractivity contribution >= 4 is 40.6 Å². The first-order valence-electron chi connectivity index (χ1n) is 12.2. The summed E-state index contributed by atoms with van der Waals surface area (Å²) in [6, 6.07) is 12.8. The van der Waals surface area contributed by atoms with Crippen LogP contribution >= 0.6 is 12.4 Å². The molecule has 178 valence electrons. The molecule has 4 heterocycles. The van der Waals surface area contributed by atoms with Crippen LogP contribution in [0.2, 0.25) is 0 Å². The minimum absolute atomic E-state index is 0. The number of rotatable bonds is 2. The molecule has 8 heteroatoms. The molecule has 0 bridgehead atoms. The summed E-state index contributed by atoms with van der Waals surface area (Å²) in [5.74, 6) is 0.828. The Bertz CT molecular complexity index is 1440. The van der Waals surface area contributed by atoms with Gasteiger partial charge in [-0.3, -0.25) is 10.1 Å². The molecule has 7 nitrogen and oxygen atoms in total. The largest absolute Gasteiger partial charge is 0.323 e. The van der Waals surface area contributed by atoms with Gasteiger partial charge in [0.2, 0.25) is 0 Å². The van der Waals surface area contributed by atoms with E-state index in [2.05, 4.69) is 56.5 Å². The van der Waals surface area contributed by atoms with Crippen molar-refractivity contribution in [1.29, 1.82) is 0 Å². The quantitative estimate of drug-likeness (QED) is 0.411. The summed E-state index contributed by atoms with van der Waals surface area (Å²) in [7, 11) is 0. The predicted molar refractivity (Wildman–Crippen MR) is 140 cm³/mol. The van der Waals surface area contributed by atoms with Crippen LogP contribution < -0.4 is 10.6 Å². The van der Waals surface area contributed by atoms with Gasteiger partial charge in [0.05, 0.1) is 23.3 Å². The highest BCUT2D eigenvalue weighted by atomic mass is 35.5. The van der Waals surface area contributed by atoms with Gasteiger partial charge in [-0.2, -0.15) is 5.10 Å². The summed E-state index contributed by atoms with van der Waals surface area (Å²) in [4.78, 5) is 16.5. The molecule has 1 aromatic carbocycles. The number of halogens is 1. The van der Waals surface area contributed by atoms with E-state index in [-0.39, 0.29) is 23.9 Å². The van der Waals surface area contributed by atoms with E-state index in [1.54, 1.807) is 0 Å². The van der Waals surface area contributed by atoms with Crippen LogP contribution in [0.5, 0.6) is 0 Å². The van der Waals surface area contributed by atoms with Gasteiger partial charge in [-0.15, -0.1) is 12.4 Å². The van der Waals surface area contributed by atoms with Crippen LogP contribution in [-0.2, 0) is 12.8 Å². The van der Waals surface area contributed by atoms with E-state index in [1.165, 1.54) is 16.7 Å². The Hall–Kier alpha value is -3.29. The average Bonchev–Trinajstić information content (AvgIpc) is 3.43. The minimum Gasteiger partial charge on any atom is -0.323 e. The van der Waals surface area contributed by atoms with Crippen LogP contribution in [0.15, 0.2) is 54.9 Å². The summed E-state index contributed by atoms with van der Waals surface area (Å²) >= 11 is 0. The fourth-order valence-electron chi connectivity index (χ4n) is 6.15. The van der Waals surface area contributed by atoms with Crippen molar-refractivity contribution in [2.75, 3.05) is 11.4 Å². The third-order valence-electron chi connectivity index (χ3n) is 8.03. The summed E-state index contributed by atoms with van der Waals surface area (Å²) in [6.45, 7) is 0.901. The van der Waals surface area contributed by atoms with E-state index in [4.69, 9.17) is 15.7 Å². The van der Waals surface area contributed by atoms with E-state index in [0.29, 0.717) is 0 Å². The number of anilines is 2. The number of aryl methyl sites for hydroxylation is 1. The molecule has 2 aliphatic carbocycles. The molecule has 0 unspecified atom stereocenters. The molecule has 0 fully saturated rings. The van der Waals surface area contributed by atoms with Crippen molar-refractivity contribution in [2.45, 2.75) is 44.6 Å². The van der Waals surface area contributed by atoms with Gasteiger partial charge >= 0.3 is 0 Å². The van der Waals surface area contributed by atoms with Crippen LogP contribution in [0.25, 0.3) is 16.7 Å². The lowest BCUT2D eigenvalue weighted by Gasteiger charge is -2.36. The lowest BCUT2D eigenvalue weighted by Crippen LogP contribution is -2.33. The summed E-state index contributed by atoms with van der Waals surface area (Å²) < 4.78 is 0. The molecule has 1 spiro atoms. The third-order valence-corrected chi connectivity index (χ3v) is 8.03. The van der Waals surface area contributed by atoms with Gasteiger partial charge < -0.3 is 10.6 Å². The molecular formula is C27H28ClN7. The normalized spacial score (nSPS) is 23.1. The number of hydrogen-bond donors (Lipinski definition) is 2. The van der Waals surface area contributed by atoms with E-state index < -0.39 is 0 Å². The van der Waals surface area contributed by atoms with Crippen LogP contribution in [0.3, 0.4) is 0 Å². The predicted octanol–water partition coefficient (Wildman–Crippen LogP) is 5.06. The van der Waals surface area contributed by atoms with Crippen LogP contribution in [0, 0.1) is 5.41 Å². The number of aromatic amines is 1. The molecule has 3 N–H and O–H groups in total. The lowest BCUT2D eigenvalue weighted by atomic mass is 9.70. The average molecular weight is 486 g/mol. The number of nitrogens with one attached hydrogen (secondary N) is 1. The lowest BCUT2D eigenvalue weighted by molar-refractivity contribution is 0.224. The Morgan fingerprint density at radius 2 is 2.00 bits per heavy atom. The molecule has 35 heavy (non-hydrogen) atoms. The van der Waals surface area contributed by atoms with Crippen molar-refractivity contribution in [2.24, 2.45) is 11.1 Å². The number of fused-ring (bicyclic) bond motifs is 3. The second kappa shape index (κ2) is 8.43. The van der Waals surface area contributed by atoms with Crippen molar-refractivity contribution < 1.29 is 0 Å². The number of pyridine rings is 1. The highest BCUT2D eigenvalue weighted by molar-refractivity contribution is 5.87. The number of H-pyrrole nitrogens is 1. The smallest absolute Gasteiger partial charge is 0.183 e. The second-order valence-electron chi connectivity index (χ2n) is 9.87. The molecule has 3 aromatic heterocycles. The maximum Gasteiger partial charge on any atom is 0.183 e. The van der Waals surface area contributed by atoms with Gasteiger partial charge in [0.25, 0.3) is 0 Å². The van der Waals surface area contributed by atoms with Gasteiger partial charge in [0.15, 0.2) is 17.0 Å². The first-order valence-corrected chi connectivity index (χ1v) is 12.2. The first kappa shape index (κ1) is 22.2. The molecule has 0 saturated heterocycles. The number of allylic oxidation sites excluding steroid dienone is 2. The van der Waals surface area contributed by atoms with Crippen LogP contribution in [0.1, 0.15) is 54.2 Å².